The lowest BCUT2D eigenvalue weighted by molar-refractivity contribution is 0.918. The van der Waals surface area contributed by atoms with E-state index in [1.54, 1.807) is 0 Å². The second-order valence-corrected chi connectivity index (χ2v) is 6.79. The summed E-state index contributed by atoms with van der Waals surface area (Å²) >= 11 is 1.82. The molecule has 0 aliphatic heterocycles. The highest BCUT2D eigenvalue weighted by Crippen LogP contribution is 2.40. The van der Waals surface area contributed by atoms with Gasteiger partial charge in [0.15, 0.2) is 0 Å². The molecule has 0 amide bonds. The number of fused-ring (bicyclic) bond motifs is 3. The van der Waals surface area contributed by atoms with Crippen molar-refractivity contribution in [1.29, 1.82) is 0 Å². The maximum atomic E-state index is 4.97. The molecule has 3 aromatic carbocycles. The third kappa shape index (κ3) is 1.99. The van der Waals surface area contributed by atoms with Crippen LogP contribution in [0.3, 0.4) is 0 Å². The molecule has 114 valence electrons. The van der Waals surface area contributed by atoms with E-state index in [-0.39, 0.29) is 0 Å². The highest BCUT2D eigenvalue weighted by Gasteiger charge is 2.18. The fourth-order valence-electron chi connectivity index (χ4n) is 3.14. The van der Waals surface area contributed by atoms with Crippen LogP contribution in [0.15, 0.2) is 84.9 Å². The van der Waals surface area contributed by atoms with Crippen LogP contribution >= 0.6 is 11.3 Å². The van der Waals surface area contributed by atoms with Gasteiger partial charge in [-0.3, -0.25) is 0 Å². The average molecular weight is 326 g/mol. The van der Waals surface area contributed by atoms with Crippen LogP contribution in [0.4, 0.5) is 0 Å². The monoisotopic (exact) mass is 326 g/mol. The SMILES string of the molecule is c1ccc(-c2nn(-c3ccccc3)c3c2sc2ccccc23)cc1. The van der Waals surface area contributed by atoms with E-state index in [0.29, 0.717) is 0 Å². The predicted octanol–water partition coefficient (Wildman–Crippen LogP) is 5.91. The third-order valence-electron chi connectivity index (χ3n) is 4.24. The average Bonchev–Trinajstić information content (AvgIpc) is 3.20. The summed E-state index contributed by atoms with van der Waals surface area (Å²) in [6.45, 7) is 0. The zero-order valence-electron chi connectivity index (χ0n) is 12.9. The molecule has 0 N–H and O–H groups in total. The Morgan fingerprint density at radius 1 is 0.708 bits per heavy atom. The van der Waals surface area contributed by atoms with Gasteiger partial charge in [-0.05, 0) is 18.2 Å². The summed E-state index contributed by atoms with van der Waals surface area (Å²) in [7, 11) is 0. The Morgan fingerprint density at radius 2 is 1.38 bits per heavy atom. The van der Waals surface area contributed by atoms with Gasteiger partial charge in [0, 0.05) is 15.6 Å². The van der Waals surface area contributed by atoms with Crippen molar-refractivity contribution in [2.45, 2.75) is 0 Å². The standard InChI is InChI=1S/C21H14N2S/c1-3-9-15(10-4-1)19-21-20(17-13-7-8-14-18(17)24-21)23(22-19)16-11-5-2-6-12-16/h1-14H. The zero-order valence-corrected chi connectivity index (χ0v) is 13.7. The number of hydrogen-bond donors (Lipinski definition) is 0. The molecule has 0 bridgehead atoms. The summed E-state index contributed by atoms with van der Waals surface area (Å²) < 4.78 is 4.62. The molecule has 2 nitrogen and oxygen atoms in total. The molecule has 0 unspecified atom stereocenters. The van der Waals surface area contributed by atoms with E-state index in [4.69, 9.17) is 5.10 Å². The van der Waals surface area contributed by atoms with Crippen LogP contribution in [0.5, 0.6) is 0 Å². The molecule has 5 rings (SSSR count). The summed E-state index contributed by atoms with van der Waals surface area (Å²) in [6, 6.07) is 29.3. The quantitative estimate of drug-likeness (QED) is 0.394. The molecule has 0 fully saturated rings. The topological polar surface area (TPSA) is 17.8 Å². The lowest BCUT2D eigenvalue weighted by Crippen LogP contribution is -1.96. The molecule has 0 spiro atoms. The van der Waals surface area contributed by atoms with Crippen molar-refractivity contribution < 1.29 is 0 Å². The fraction of sp³-hybridized carbons (Fsp3) is 0. The van der Waals surface area contributed by atoms with Gasteiger partial charge in [0.2, 0.25) is 0 Å². The molecule has 2 aromatic heterocycles. The Hall–Kier alpha value is -2.91. The highest BCUT2D eigenvalue weighted by atomic mass is 32.1. The van der Waals surface area contributed by atoms with Crippen molar-refractivity contribution in [2.75, 3.05) is 0 Å². The van der Waals surface area contributed by atoms with E-state index < -0.39 is 0 Å². The Kier molecular flexibility index (Phi) is 3.00. The van der Waals surface area contributed by atoms with Crippen molar-refractivity contribution in [3.63, 3.8) is 0 Å². The van der Waals surface area contributed by atoms with Gasteiger partial charge in [0.05, 0.1) is 15.9 Å². The van der Waals surface area contributed by atoms with Crippen molar-refractivity contribution in [1.82, 2.24) is 9.78 Å². The van der Waals surface area contributed by atoms with E-state index in [1.165, 1.54) is 20.3 Å². The molecular formula is C21H14N2S. The Morgan fingerprint density at radius 3 is 2.17 bits per heavy atom. The summed E-state index contributed by atoms with van der Waals surface area (Å²) in [6.07, 6.45) is 0. The minimum Gasteiger partial charge on any atom is -0.231 e. The molecule has 3 heteroatoms. The first-order valence-corrected chi connectivity index (χ1v) is 8.74. The Balaban J connectivity index is 1.92. The molecule has 0 radical (unpaired) electrons. The summed E-state index contributed by atoms with van der Waals surface area (Å²) in [5, 5.41) is 6.23. The van der Waals surface area contributed by atoms with Gasteiger partial charge in [-0.15, -0.1) is 11.3 Å². The third-order valence-corrected chi connectivity index (χ3v) is 5.41. The minimum atomic E-state index is 1.05. The number of nitrogens with zero attached hydrogens (tertiary/aromatic N) is 2. The van der Waals surface area contributed by atoms with Crippen LogP contribution in [0, 0.1) is 0 Å². The first-order valence-electron chi connectivity index (χ1n) is 7.93. The van der Waals surface area contributed by atoms with Gasteiger partial charge >= 0.3 is 0 Å². The summed E-state index contributed by atoms with van der Waals surface area (Å²) in [4.78, 5) is 0. The van der Waals surface area contributed by atoms with Gasteiger partial charge in [-0.1, -0.05) is 66.7 Å². The first kappa shape index (κ1) is 13.5. The molecule has 0 atom stereocenters. The Bertz CT molecular complexity index is 1140. The number of aromatic nitrogens is 2. The molecule has 0 saturated heterocycles. The van der Waals surface area contributed by atoms with Crippen LogP contribution in [-0.4, -0.2) is 9.78 Å². The van der Waals surface area contributed by atoms with E-state index in [0.717, 1.165) is 16.9 Å². The molecule has 0 aliphatic carbocycles. The zero-order chi connectivity index (χ0) is 15.9. The van der Waals surface area contributed by atoms with Crippen LogP contribution in [0.1, 0.15) is 0 Å². The lowest BCUT2D eigenvalue weighted by Gasteiger charge is -2.03. The van der Waals surface area contributed by atoms with Crippen molar-refractivity contribution in [3.05, 3.63) is 84.9 Å². The van der Waals surface area contributed by atoms with E-state index in [1.807, 2.05) is 23.5 Å². The fourth-order valence-corrected chi connectivity index (χ4v) is 4.33. The summed E-state index contributed by atoms with van der Waals surface area (Å²) in [5.41, 5.74) is 4.49. The van der Waals surface area contributed by atoms with Crippen LogP contribution < -0.4 is 0 Å². The molecule has 24 heavy (non-hydrogen) atoms. The normalized spacial score (nSPS) is 11.3. The van der Waals surface area contributed by atoms with Gasteiger partial charge in [-0.25, -0.2) is 4.68 Å². The molecular weight excluding hydrogens is 312 g/mol. The van der Waals surface area contributed by atoms with E-state index >= 15 is 0 Å². The maximum Gasteiger partial charge on any atom is 0.111 e. The number of thiophene rings is 1. The van der Waals surface area contributed by atoms with Crippen LogP contribution in [-0.2, 0) is 0 Å². The lowest BCUT2D eigenvalue weighted by atomic mass is 10.1. The van der Waals surface area contributed by atoms with Gasteiger partial charge in [0.25, 0.3) is 0 Å². The van der Waals surface area contributed by atoms with E-state index in [2.05, 4.69) is 77.5 Å². The minimum absolute atomic E-state index is 1.05. The highest BCUT2D eigenvalue weighted by molar-refractivity contribution is 7.26. The largest absolute Gasteiger partial charge is 0.231 e. The van der Waals surface area contributed by atoms with Crippen molar-refractivity contribution >= 4 is 31.6 Å². The van der Waals surface area contributed by atoms with E-state index in [9.17, 15) is 0 Å². The molecule has 2 heterocycles. The molecule has 0 saturated carbocycles. The number of hydrogen-bond acceptors (Lipinski definition) is 2. The predicted molar refractivity (Wildman–Crippen MR) is 102 cm³/mol. The number of rotatable bonds is 2. The van der Waals surface area contributed by atoms with Crippen LogP contribution in [0.2, 0.25) is 0 Å². The van der Waals surface area contributed by atoms with Gasteiger partial charge in [0.1, 0.15) is 5.69 Å². The first-order chi connectivity index (χ1) is 11.9. The van der Waals surface area contributed by atoms with Crippen LogP contribution in [0.25, 0.3) is 37.2 Å². The smallest absolute Gasteiger partial charge is 0.111 e. The number of benzene rings is 3. The molecule has 5 aromatic rings. The molecule has 0 aliphatic rings. The summed E-state index contributed by atoms with van der Waals surface area (Å²) in [5.74, 6) is 0. The van der Waals surface area contributed by atoms with Crippen molar-refractivity contribution in [2.24, 2.45) is 0 Å². The van der Waals surface area contributed by atoms with Crippen molar-refractivity contribution in [3.8, 4) is 16.9 Å². The number of para-hydroxylation sites is 1. The maximum absolute atomic E-state index is 4.97. The second-order valence-electron chi connectivity index (χ2n) is 5.74. The second kappa shape index (κ2) is 5.32. The van der Waals surface area contributed by atoms with Gasteiger partial charge in [-0.2, -0.15) is 5.10 Å². The Labute approximate surface area is 143 Å². The van der Waals surface area contributed by atoms with Gasteiger partial charge < -0.3 is 0 Å².